The van der Waals surface area contributed by atoms with Crippen LogP contribution in [-0.2, 0) is 112 Å². The Bertz CT molecular complexity index is 4460. The van der Waals surface area contributed by atoms with E-state index in [4.69, 9.17) is 33.2 Å². The summed E-state index contributed by atoms with van der Waals surface area (Å²) in [4.78, 5) is 187. The van der Waals surface area contributed by atoms with E-state index in [2.05, 4.69) is 68.9 Å². The summed E-state index contributed by atoms with van der Waals surface area (Å²) < 4.78 is 5.56. The SMILES string of the molecule is CC(=O)N[C@H](Cc1cccc2ccccc12)C(=O)N[C@H](Cc1ccc(Cl)cc1)C(=O)N[C@H](Cc1ccccc1)C(=O)N[C@@H](CO)C(=O)N[C@@H](Cc1ccc(CN(NC(C)=O)NC(C)=O)cc1)C(=O)N[C@H](Cc1ccc(CN2CCOCC2)cc1)C(=O)N[C@@H](CC(C)C)C(=O)N[C@@H](CCCNC(=N)N)C(=O)N1CCC[C@H]1C(=O)N[C@H](C)C(N)=O. The first-order chi connectivity index (χ1) is 56.4. The molecule has 0 spiro atoms. The van der Waals surface area contributed by atoms with E-state index in [0.717, 1.165) is 21.9 Å². The number of hydrogen-bond acceptors (Lipinski definition) is 18. The highest BCUT2D eigenvalue weighted by molar-refractivity contribution is 6.30. The summed E-state index contributed by atoms with van der Waals surface area (Å²) in [6.07, 6.45) is -0.111. The molecule has 0 radical (unpaired) electrons. The van der Waals surface area contributed by atoms with Crippen LogP contribution >= 0.6 is 11.6 Å². The third kappa shape index (κ3) is 29.4. The number of primary amides is 1. The van der Waals surface area contributed by atoms with Crippen LogP contribution < -0.4 is 75.5 Å². The largest absolute Gasteiger partial charge is 0.394 e. The van der Waals surface area contributed by atoms with Gasteiger partial charge in [0, 0.05) is 90.6 Å². The predicted molar refractivity (Wildman–Crippen MR) is 441 cm³/mol. The van der Waals surface area contributed by atoms with Gasteiger partial charge in [-0.1, -0.05) is 159 Å². The van der Waals surface area contributed by atoms with Crippen molar-refractivity contribution in [2.24, 2.45) is 17.4 Å². The highest BCUT2D eigenvalue weighted by Crippen LogP contribution is 2.24. The number of carbonyl (C=O) groups excluding carboxylic acids is 13. The Morgan fingerprint density at radius 3 is 1.47 bits per heavy atom. The van der Waals surface area contributed by atoms with Gasteiger partial charge in [0.1, 0.15) is 60.4 Å². The van der Waals surface area contributed by atoms with Crippen LogP contribution in [0.3, 0.4) is 0 Å². The van der Waals surface area contributed by atoms with Crippen LogP contribution in [0, 0.1) is 11.3 Å². The molecule has 8 rings (SSSR count). The molecule has 2 aliphatic rings. The van der Waals surface area contributed by atoms with Crippen LogP contribution in [0.15, 0.2) is 146 Å². The van der Waals surface area contributed by atoms with E-state index < -0.39 is 144 Å². The zero-order chi connectivity index (χ0) is 85.5. The summed E-state index contributed by atoms with van der Waals surface area (Å²) in [7, 11) is 0. The van der Waals surface area contributed by atoms with Gasteiger partial charge in [-0.25, -0.2) is 0 Å². The minimum absolute atomic E-state index is 0.0126. The minimum atomic E-state index is -1.86. The molecule has 2 heterocycles. The standard InChI is InChI=1S/C84H109ClN18O15/c1-50(2)41-66(75(109)92-65(21-13-35-89-84(87)88)83(117)102-36-14-22-73(102)82(116)90-51(3)74(86)108)93-76(110)68(43-56-23-27-59(28-24-56)47-101-37-39-118-40-38-101)95-78(112)70(44-57-25-29-60(30-26-57)48-103(99-53(5)106)100-54(6)107)97-81(115)72(49-104)98-79(113)67(42-55-15-8-7-9-16-55)94-77(111)69(45-58-31-33-63(85)34-32-58)96-80(114)71(91-52(4)105)46-62-19-12-18-61-17-10-11-20-64(61)62/h7-12,15-20,23-34,50-51,65-73,104H,13-14,21-22,35-49H2,1-6H3,(H2,86,108)(H,90,116)(H,91,105)(H,92,109)(H,93,110)(H,94,111)(H,95,112)(H,96,114)(H,97,115)(H,98,113)(H,99,106)(H,100,107)(H4,87,88,89)/t51-,65+,66+,67-,68-,69-,70+,71-,72+,73+/m1/s1. The average Bonchev–Trinajstić information content (AvgIpc) is 1.27. The zero-order valence-electron chi connectivity index (χ0n) is 67.2. The number of benzene rings is 6. The number of morpholine rings is 1. The van der Waals surface area contributed by atoms with Gasteiger partial charge in [0.05, 0.1) is 26.4 Å². The molecule has 18 N–H and O–H groups in total. The average molecular weight is 1650 g/mol. The number of nitrogens with one attached hydrogen (secondary N) is 13. The second-order valence-corrected chi connectivity index (χ2v) is 30.4. The van der Waals surface area contributed by atoms with Crippen LogP contribution in [0.25, 0.3) is 10.8 Å². The summed E-state index contributed by atoms with van der Waals surface area (Å²) in [5.74, 6) is -10.6. The summed E-state index contributed by atoms with van der Waals surface area (Å²) in [5, 5.41) is 49.5. The van der Waals surface area contributed by atoms with Crippen LogP contribution in [-0.4, -0.2) is 209 Å². The molecule has 6 aromatic rings. The first-order valence-electron chi connectivity index (χ1n) is 39.4. The molecule has 2 saturated heterocycles. The number of rotatable bonds is 42. The number of likely N-dealkylation sites (tertiary alicyclic amines) is 1. The highest BCUT2D eigenvalue weighted by Gasteiger charge is 2.41. The maximum atomic E-state index is 15.6. The number of amides is 13. The van der Waals surface area contributed by atoms with E-state index in [0.29, 0.717) is 72.1 Å². The van der Waals surface area contributed by atoms with E-state index in [1.54, 1.807) is 105 Å². The molecule has 0 aliphatic carbocycles. The highest BCUT2D eigenvalue weighted by atomic mass is 35.5. The molecular formula is C84H109ClN18O15. The number of aliphatic hydroxyl groups is 1. The second-order valence-electron chi connectivity index (χ2n) is 30.0. The van der Waals surface area contributed by atoms with Gasteiger partial charge in [-0.3, -0.25) is 83.5 Å². The van der Waals surface area contributed by atoms with Crippen molar-refractivity contribution < 1.29 is 72.2 Å². The van der Waals surface area contributed by atoms with E-state index in [1.807, 2.05) is 54.6 Å². The molecule has 0 unspecified atom stereocenters. The summed E-state index contributed by atoms with van der Waals surface area (Å²) in [6.45, 7) is 11.0. The fraction of sp³-hybridized carbons (Fsp3) is 0.429. The lowest BCUT2D eigenvalue weighted by Crippen LogP contribution is -2.62. The molecule has 632 valence electrons. The van der Waals surface area contributed by atoms with Gasteiger partial charge in [-0.05, 0) is 107 Å². The Labute approximate surface area is 690 Å². The lowest BCUT2D eigenvalue weighted by molar-refractivity contribution is -0.142. The fourth-order valence-corrected chi connectivity index (χ4v) is 14.0. The van der Waals surface area contributed by atoms with Gasteiger partial charge in [-0.2, -0.15) is 0 Å². The molecule has 2 aliphatic heterocycles. The number of guanidine groups is 1. The molecule has 6 aromatic carbocycles. The number of ether oxygens (including phenoxy) is 1. The first kappa shape index (κ1) is 91.6. The predicted octanol–water partition coefficient (Wildman–Crippen LogP) is 0.924. The van der Waals surface area contributed by atoms with Gasteiger partial charge in [0.15, 0.2) is 5.96 Å². The lowest BCUT2D eigenvalue weighted by atomic mass is 9.97. The molecule has 34 heteroatoms. The van der Waals surface area contributed by atoms with E-state index in [1.165, 1.54) is 37.7 Å². The molecule has 2 fully saturated rings. The lowest BCUT2D eigenvalue weighted by Gasteiger charge is -2.31. The van der Waals surface area contributed by atoms with Crippen molar-refractivity contribution in [1.29, 1.82) is 5.41 Å². The van der Waals surface area contributed by atoms with Gasteiger partial charge in [-0.15, -0.1) is 5.12 Å². The van der Waals surface area contributed by atoms with Crippen LogP contribution in [0.5, 0.6) is 0 Å². The van der Waals surface area contributed by atoms with Gasteiger partial charge >= 0.3 is 0 Å². The number of hydrogen-bond donors (Lipinski definition) is 16. The van der Waals surface area contributed by atoms with Gasteiger partial charge < -0.3 is 79.4 Å². The maximum absolute atomic E-state index is 15.6. The number of nitrogens with two attached hydrogens (primary N) is 2. The molecule has 0 aromatic heterocycles. The minimum Gasteiger partial charge on any atom is -0.394 e. The monoisotopic (exact) mass is 1640 g/mol. The van der Waals surface area contributed by atoms with Crippen molar-refractivity contribution in [1.82, 2.24) is 78.9 Å². The van der Waals surface area contributed by atoms with Crippen molar-refractivity contribution in [3.8, 4) is 0 Å². The van der Waals surface area contributed by atoms with Crippen LogP contribution in [0.4, 0.5) is 0 Å². The molecule has 118 heavy (non-hydrogen) atoms. The fourth-order valence-electron chi connectivity index (χ4n) is 13.9. The van der Waals surface area contributed by atoms with Crippen molar-refractivity contribution >= 4 is 105 Å². The normalized spacial score (nSPS) is 15.7. The van der Waals surface area contributed by atoms with Crippen LogP contribution in [0.1, 0.15) is 113 Å². The van der Waals surface area contributed by atoms with Crippen molar-refractivity contribution in [3.05, 3.63) is 190 Å². The second kappa shape index (κ2) is 45.6. The van der Waals surface area contributed by atoms with Crippen molar-refractivity contribution in [2.45, 2.75) is 179 Å². The topological polar surface area (TPSA) is 481 Å². The summed E-state index contributed by atoms with van der Waals surface area (Å²) >= 11 is 6.29. The summed E-state index contributed by atoms with van der Waals surface area (Å²) in [5.41, 5.74) is 20.3. The third-order valence-electron chi connectivity index (χ3n) is 19.9. The first-order valence-corrected chi connectivity index (χ1v) is 39.8. The molecule has 0 saturated carbocycles. The Hall–Kier alpha value is -11.9. The van der Waals surface area contributed by atoms with E-state index in [9.17, 15) is 43.5 Å². The van der Waals surface area contributed by atoms with Crippen molar-refractivity contribution in [3.63, 3.8) is 0 Å². The van der Waals surface area contributed by atoms with Crippen molar-refractivity contribution in [2.75, 3.05) is 46.0 Å². The Morgan fingerprint density at radius 1 is 0.508 bits per heavy atom. The third-order valence-corrected chi connectivity index (χ3v) is 20.2. The smallest absolute Gasteiger partial charge is 0.245 e. The summed E-state index contributed by atoms with van der Waals surface area (Å²) in [6, 6.07) is 27.9. The number of nitrogens with zero attached hydrogens (tertiary/aromatic N) is 3. The molecule has 10 atom stereocenters. The maximum Gasteiger partial charge on any atom is 0.245 e. The zero-order valence-corrected chi connectivity index (χ0v) is 67.9. The van der Waals surface area contributed by atoms with E-state index >= 15 is 24.0 Å². The number of halogens is 1. The Kier molecular flexibility index (Phi) is 35.4. The van der Waals surface area contributed by atoms with Gasteiger partial charge in [0.25, 0.3) is 0 Å². The molecule has 33 nitrogen and oxygen atoms in total. The number of fused-ring (bicyclic) bond motifs is 1. The van der Waals surface area contributed by atoms with Crippen LogP contribution in [0.2, 0.25) is 5.02 Å². The van der Waals surface area contributed by atoms with E-state index in [-0.39, 0.29) is 89.3 Å². The Morgan fingerprint density at radius 2 is 0.958 bits per heavy atom. The number of aliphatic hydroxyl groups excluding tert-OH is 1. The number of carbonyl (C=O) groups is 13. The molecular weight excluding hydrogens is 1540 g/mol. The van der Waals surface area contributed by atoms with Gasteiger partial charge in [0.2, 0.25) is 76.8 Å². The molecule has 13 amide bonds. The number of hydrazine groups is 2. The quantitative estimate of drug-likeness (QED) is 0.0110. The Balaban J connectivity index is 1.11. The molecule has 0 bridgehead atoms.